The van der Waals surface area contributed by atoms with E-state index in [0.29, 0.717) is 30.2 Å². The molecule has 0 spiro atoms. The zero-order chi connectivity index (χ0) is 23.6. The summed E-state index contributed by atoms with van der Waals surface area (Å²) in [5.74, 6) is -0.426. The molecule has 3 rings (SSSR count). The molecular weight excluding hydrogens is 432 g/mol. The van der Waals surface area contributed by atoms with E-state index < -0.39 is 12.0 Å². The van der Waals surface area contributed by atoms with Gasteiger partial charge in [-0.25, -0.2) is 19.7 Å². The van der Waals surface area contributed by atoms with Crippen molar-refractivity contribution < 1.29 is 23.8 Å². The summed E-state index contributed by atoms with van der Waals surface area (Å²) in [5, 5.41) is 12.3. The Kier molecular flexibility index (Phi) is 8.21. The van der Waals surface area contributed by atoms with Crippen LogP contribution >= 0.6 is 0 Å². The summed E-state index contributed by atoms with van der Waals surface area (Å²) in [7, 11) is 4.55. The lowest BCUT2D eigenvalue weighted by Gasteiger charge is -2.13. The number of anilines is 3. The van der Waals surface area contributed by atoms with Gasteiger partial charge in [0.1, 0.15) is 17.7 Å². The number of carbonyl (C=O) groups excluding carboxylic acids is 2. The Balaban J connectivity index is 1.82. The van der Waals surface area contributed by atoms with Crippen molar-refractivity contribution in [3.8, 4) is 5.88 Å². The molecule has 3 aromatic rings. The van der Waals surface area contributed by atoms with Crippen LogP contribution in [-0.4, -0.2) is 64.6 Å². The van der Waals surface area contributed by atoms with Crippen molar-refractivity contribution in [2.24, 2.45) is 0 Å². The summed E-state index contributed by atoms with van der Waals surface area (Å²) in [4.78, 5) is 37.2. The average molecular weight is 456 g/mol. The van der Waals surface area contributed by atoms with Crippen LogP contribution in [0.3, 0.4) is 0 Å². The summed E-state index contributed by atoms with van der Waals surface area (Å²) < 4.78 is 17.0. The molecule has 0 saturated carbocycles. The monoisotopic (exact) mass is 456 g/mol. The van der Waals surface area contributed by atoms with E-state index in [0.717, 1.165) is 0 Å². The van der Waals surface area contributed by atoms with Gasteiger partial charge in [0.15, 0.2) is 0 Å². The highest BCUT2D eigenvalue weighted by atomic mass is 16.6. The third-order valence-electron chi connectivity index (χ3n) is 4.26. The number of amides is 2. The van der Waals surface area contributed by atoms with E-state index in [2.05, 4.69) is 36.0 Å². The largest absolute Gasteiger partial charge is 0.418 e. The first-order chi connectivity index (χ1) is 16.0. The van der Waals surface area contributed by atoms with Crippen LogP contribution in [0.25, 0.3) is 0 Å². The van der Waals surface area contributed by atoms with E-state index in [9.17, 15) is 9.59 Å². The number of methoxy groups -OCH3 is 2. The molecule has 0 bridgehead atoms. The first-order valence-corrected chi connectivity index (χ1v) is 9.82. The normalized spacial score (nSPS) is 10.5. The third-order valence-corrected chi connectivity index (χ3v) is 4.26. The molecule has 0 atom stereocenters. The van der Waals surface area contributed by atoms with Crippen molar-refractivity contribution in [1.29, 1.82) is 0 Å². The van der Waals surface area contributed by atoms with Crippen LogP contribution in [0.2, 0.25) is 0 Å². The van der Waals surface area contributed by atoms with E-state index in [1.165, 1.54) is 38.5 Å². The van der Waals surface area contributed by atoms with Gasteiger partial charge in [0.25, 0.3) is 5.91 Å². The Morgan fingerprint density at radius 3 is 2.55 bits per heavy atom. The van der Waals surface area contributed by atoms with E-state index in [4.69, 9.17) is 14.2 Å². The second-order valence-corrected chi connectivity index (χ2v) is 6.56. The second-order valence-electron chi connectivity index (χ2n) is 6.56. The molecule has 0 aliphatic carbocycles. The minimum atomic E-state index is -0.860. The Labute approximate surface area is 189 Å². The number of ether oxygens (including phenoxy) is 3. The summed E-state index contributed by atoms with van der Waals surface area (Å²) in [5.41, 5.74) is 1.86. The van der Waals surface area contributed by atoms with Crippen molar-refractivity contribution >= 4 is 29.1 Å². The van der Waals surface area contributed by atoms with Crippen LogP contribution in [0.15, 0.2) is 37.1 Å². The minimum absolute atomic E-state index is 0.000768. The summed E-state index contributed by atoms with van der Waals surface area (Å²) in [6.45, 7) is 0.883. The Morgan fingerprint density at radius 2 is 1.85 bits per heavy atom. The molecule has 0 radical (unpaired) electrons. The highest BCUT2D eigenvalue weighted by Crippen LogP contribution is 2.26. The lowest BCUT2D eigenvalue weighted by molar-refractivity contribution is 0.0949. The van der Waals surface area contributed by atoms with Gasteiger partial charge >= 0.3 is 6.09 Å². The third kappa shape index (κ3) is 6.21. The Hall–Kier alpha value is -4.10. The molecule has 3 heterocycles. The smallest absolute Gasteiger partial charge is 0.389 e. The molecule has 3 N–H and O–H groups in total. The zero-order valence-corrected chi connectivity index (χ0v) is 18.4. The number of nitrogens with zero attached hydrogens (tertiary/aromatic N) is 5. The number of pyridine rings is 1. The Morgan fingerprint density at radius 1 is 1.06 bits per heavy atom. The minimum Gasteiger partial charge on any atom is -0.389 e. The standard InChI is InChI=1S/C20H24N8O5/c1-21-18(29)17-16(10-24-28(17)6-7-31-2)27-20(30)33-19-15(5-4-13(26-19)11-32-3)25-14-8-22-12-23-9-14/h4-5,8-10,12,25H,6-7,11H2,1-3H3,(H,21,29)(H,27,30). The van der Waals surface area contributed by atoms with Gasteiger partial charge in [-0.2, -0.15) is 5.10 Å². The van der Waals surface area contributed by atoms with Crippen LogP contribution in [0, 0.1) is 0 Å². The van der Waals surface area contributed by atoms with Crippen molar-refractivity contribution in [1.82, 2.24) is 30.0 Å². The first-order valence-electron chi connectivity index (χ1n) is 9.82. The number of nitrogens with one attached hydrogen (secondary N) is 3. The van der Waals surface area contributed by atoms with Crippen molar-refractivity contribution in [3.05, 3.63) is 48.4 Å². The summed E-state index contributed by atoms with van der Waals surface area (Å²) in [6, 6.07) is 3.42. The van der Waals surface area contributed by atoms with Crippen LogP contribution < -0.4 is 20.7 Å². The number of aromatic nitrogens is 5. The molecule has 0 fully saturated rings. The number of rotatable bonds is 10. The predicted molar refractivity (Wildman–Crippen MR) is 117 cm³/mol. The molecule has 0 aromatic carbocycles. The fourth-order valence-corrected chi connectivity index (χ4v) is 2.80. The van der Waals surface area contributed by atoms with Crippen LogP contribution in [0.4, 0.5) is 21.9 Å². The van der Waals surface area contributed by atoms with E-state index in [1.807, 2.05) is 0 Å². The van der Waals surface area contributed by atoms with Crippen molar-refractivity contribution in [2.45, 2.75) is 13.2 Å². The molecule has 3 aromatic heterocycles. The van der Waals surface area contributed by atoms with Gasteiger partial charge < -0.3 is 24.8 Å². The molecule has 33 heavy (non-hydrogen) atoms. The van der Waals surface area contributed by atoms with Crippen LogP contribution in [0.1, 0.15) is 16.2 Å². The molecule has 0 saturated heterocycles. The average Bonchev–Trinajstić information content (AvgIpc) is 3.21. The topological polar surface area (TPSA) is 154 Å². The summed E-state index contributed by atoms with van der Waals surface area (Å²) in [6.07, 6.45) is 5.01. The molecule has 2 amide bonds. The molecule has 174 valence electrons. The second kappa shape index (κ2) is 11.5. The fraction of sp³-hybridized carbons (Fsp3) is 0.300. The number of hydrogen-bond donors (Lipinski definition) is 3. The molecule has 0 aliphatic heterocycles. The maximum atomic E-state index is 12.7. The van der Waals surface area contributed by atoms with Crippen molar-refractivity contribution in [3.63, 3.8) is 0 Å². The zero-order valence-electron chi connectivity index (χ0n) is 18.4. The number of carbonyl (C=O) groups is 2. The highest BCUT2D eigenvalue weighted by molar-refractivity contribution is 6.01. The lowest BCUT2D eigenvalue weighted by atomic mass is 10.3. The molecule has 0 aliphatic rings. The van der Waals surface area contributed by atoms with Crippen LogP contribution in [0.5, 0.6) is 5.88 Å². The molecule has 13 heteroatoms. The lowest BCUT2D eigenvalue weighted by Crippen LogP contribution is -2.26. The van der Waals surface area contributed by atoms with Crippen molar-refractivity contribution in [2.75, 3.05) is 38.5 Å². The first kappa shape index (κ1) is 23.6. The maximum absolute atomic E-state index is 12.7. The van der Waals surface area contributed by atoms with Gasteiger partial charge in [-0.05, 0) is 12.1 Å². The maximum Gasteiger partial charge on any atom is 0.418 e. The highest BCUT2D eigenvalue weighted by Gasteiger charge is 2.21. The van der Waals surface area contributed by atoms with E-state index >= 15 is 0 Å². The fourth-order valence-electron chi connectivity index (χ4n) is 2.80. The quantitative estimate of drug-likeness (QED) is 0.409. The van der Waals surface area contributed by atoms with E-state index in [-0.39, 0.29) is 23.9 Å². The Bertz CT molecular complexity index is 1090. The predicted octanol–water partition coefficient (Wildman–Crippen LogP) is 1.57. The SMILES string of the molecule is CNC(=O)c1c(NC(=O)Oc2nc(COC)ccc2Nc2cncnc2)cnn1CCOC. The molecule has 0 unspecified atom stereocenters. The summed E-state index contributed by atoms with van der Waals surface area (Å²) >= 11 is 0. The molecular formula is C20H24N8O5. The van der Waals surface area contributed by atoms with Crippen LogP contribution in [-0.2, 0) is 22.6 Å². The van der Waals surface area contributed by atoms with Gasteiger partial charge in [-0.1, -0.05) is 0 Å². The van der Waals surface area contributed by atoms with Gasteiger partial charge in [-0.15, -0.1) is 0 Å². The molecule has 13 nitrogen and oxygen atoms in total. The van der Waals surface area contributed by atoms with Gasteiger partial charge in [-0.3, -0.25) is 14.8 Å². The van der Waals surface area contributed by atoms with Gasteiger partial charge in [0.2, 0.25) is 5.88 Å². The van der Waals surface area contributed by atoms with Gasteiger partial charge in [0, 0.05) is 21.3 Å². The van der Waals surface area contributed by atoms with Gasteiger partial charge in [0.05, 0.1) is 55.4 Å². The van der Waals surface area contributed by atoms with E-state index in [1.54, 1.807) is 24.5 Å². The number of hydrogen-bond acceptors (Lipinski definition) is 10.